The second kappa shape index (κ2) is 11.3. The lowest BCUT2D eigenvalue weighted by Crippen LogP contribution is -2.32. The predicted molar refractivity (Wildman–Crippen MR) is 119 cm³/mol. The average Bonchev–Trinajstić information content (AvgIpc) is 2.78. The summed E-state index contributed by atoms with van der Waals surface area (Å²) in [6.07, 6.45) is 3.28. The van der Waals surface area contributed by atoms with Gasteiger partial charge < -0.3 is 19.3 Å². The first-order chi connectivity index (χ1) is 15.4. The normalized spacial score (nSPS) is 17.9. The monoisotopic (exact) mass is 458 g/mol. The van der Waals surface area contributed by atoms with E-state index < -0.39 is 24.0 Å². The molecule has 170 valence electrons. The van der Waals surface area contributed by atoms with Gasteiger partial charge >= 0.3 is 11.9 Å². The first-order valence-corrected chi connectivity index (χ1v) is 11.1. The summed E-state index contributed by atoms with van der Waals surface area (Å²) in [5.74, 6) is -2.41. The van der Waals surface area contributed by atoms with Crippen molar-refractivity contribution in [2.45, 2.75) is 30.8 Å². The third-order valence-electron chi connectivity index (χ3n) is 4.87. The van der Waals surface area contributed by atoms with Crippen LogP contribution < -0.4 is 0 Å². The van der Waals surface area contributed by atoms with Crippen LogP contribution in [0.25, 0.3) is 0 Å². The average molecular weight is 459 g/mol. The van der Waals surface area contributed by atoms with Crippen molar-refractivity contribution >= 4 is 29.5 Å². The van der Waals surface area contributed by atoms with E-state index in [0.717, 1.165) is 15.4 Å². The van der Waals surface area contributed by atoms with Crippen LogP contribution in [-0.4, -0.2) is 55.4 Å². The number of ketones is 1. The van der Waals surface area contributed by atoms with E-state index in [-0.39, 0.29) is 32.2 Å². The summed E-state index contributed by atoms with van der Waals surface area (Å²) in [5.41, 5.74) is 2.01. The van der Waals surface area contributed by atoms with Gasteiger partial charge in [-0.2, -0.15) is 0 Å². The number of carbonyl (C=O) groups is 3. The fraction of sp³-hybridized carbons (Fsp3) is 0.375. The number of hydrogen-bond acceptors (Lipinski definition) is 8. The standard InChI is InChI=1S/C24H26O7S/c1-15(2)23(27)30-11-5-10-29-13-17(25)14-31-24(28)18-8-9-21-19(22(18)26)12-16-6-3-4-7-20(16)32-21/h3-4,6-9,17-18,25H,1,5,10-14H2,2H3. The number of aliphatic hydroxyl groups is 1. The van der Waals surface area contributed by atoms with Crippen molar-refractivity contribution in [1.82, 2.24) is 0 Å². The van der Waals surface area contributed by atoms with Crippen LogP contribution in [-0.2, 0) is 35.0 Å². The molecule has 1 aromatic carbocycles. The Hall–Kier alpha value is -2.68. The second-order valence-corrected chi connectivity index (χ2v) is 8.64. The van der Waals surface area contributed by atoms with Crippen molar-refractivity contribution in [1.29, 1.82) is 0 Å². The largest absolute Gasteiger partial charge is 0.462 e. The Bertz CT molecular complexity index is 963. The fourth-order valence-corrected chi connectivity index (χ4v) is 4.28. The number of fused-ring (bicyclic) bond motifs is 1. The molecular weight excluding hydrogens is 432 g/mol. The van der Waals surface area contributed by atoms with Gasteiger partial charge in [-0.1, -0.05) is 48.7 Å². The number of thioether (sulfide) groups is 1. The highest BCUT2D eigenvalue weighted by Crippen LogP contribution is 2.42. The zero-order chi connectivity index (χ0) is 23.1. The number of allylic oxidation sites excluding steroid dienone is 2. The minimum atomic E-state index is -1.02. The van der Waals surface area contributed by atoms with Crippen molar-refractivity contribution in [2.75, 3.05) is 26.4 Å². The number of aliphatic hydroxyl groups excluding tert-OH is 1. The molecule has 0 fully saturated rings. The number of rotatable bonds is 10. The van der Waals surface area contributed by atoms with Gasteiger partial charge in [-0.15, -0.1) is 0 Å². The van der Waals surface area contributed by atoms with Crippen LogP contribution in [0.15, 0.2) is 63.9 Å². The lowest BCUT2D eigenvalue weighted by molar-refractivity contribution is -0.153. The van der Waals surface area contributed by atoms with Crippen molar-refractivity contribution < 1.29 is 33.7 Å². The molecule has 1 N–H and O–H groups in total. The minimum Gasteiger partial charge on any atom is -0.462 e. The number of esters is 2. The van der Waals surface area contributed by atoms with Gasteiger partial charge in [0.15, 0.2) is 5.78 Å². The van der Waals surface area contributed by atoms with Crippen LogP contribution in [0.5, 0.6) is 0 Å². The van der Waals surface area contributed by atoms with E-state index in [9.17, 15) is 19.5 Å². The lowest BCUT2D eigenvalue weighted by Gasteiger charge is -2.25. The quantitative estimate of drug-likeness (QED) is 0.247. The second-order valence-electron chi connectivity index (χ2n) is 7.56. The molecular formula is C24H26O7S. The number of ether oxygens (including phenoxy) is 3. The number of carbonyl (C=O) groups excluding carboxylic acids is 3. The molecule has 32 heavy (non-hydrogen) atoms. The molecule has 8 heteroatoms. The molecule has 1 aromatic rings. The summed E-state index contributed by atoms with van der Waals surface area (Å²) >= 11 is 1.53. The van der Waals surface area contributed by atoms with Crippen LogP contribution in [0.4, 0.5) is 0 Å². The van der Waals surface area contributed by atoms with E-state index >= 15 is 0 Å². The third-order valence-corrected chi connectivity index (χ3v) is 6.09. The van der Waals surface area contributed by atoms with Gasteiger partial charge in [-0.25, -0.2) is 4.79 Å². The number of hydrogen-bond donors (Lipinski definition) is 1. The minimum absolute atomic E-state index is 0.0428. The van der Waals surface area contributed by atoms with Crippen molar-refractivity contribution in [3.05, 3.63) is 64.6 Å². The Morgan fingerprint density at radius 1 is 1.22 bits per heavy atom. The smallest absolute Gasteiger partial charge is 0.333 e. The zero-order valence-electron chi connectivity index (χ0n) is 17.9. The van der Waals surface area contributed by atoms with E-state index in [1.807, 2.05) is 24.3 Å². The Morgan fingerprint density at radius 2 is 2.00 bits per heavy atom. The molecule has 0 saturated carbocycles. The fourth-order valence-electron chi connectivity index (χ4n) is 3.18. The van der Waals surface area contributed by atoms with Crippen molar-refractivity contribution in [3.8, 4) is 0 Å². The molecule has 0 aromatic heterocycles. The van der Waals surface area contributed by atoms with Crippen LogP contribution in [0, 0.1) is 5.92 Å². The van der Waals surface area contributed by atoms with Crippen molar-refractivity contribution in [2.24, 2.45) is 5.92 Å². The summed E-state index contributed by atoms with van der Waals surface area (Å²) in [5, 5.41) is 9.96. The van der Waals surface area contributed by atoms with E-state index in [0.29, 0.717) is 24.0 Å². The van der Waals surface area contributed by atoms with Gasteiger partial charge in [0.1, 0.15) is 18.6 Å². The SMILES string of the molecule is C=C(C)C(=O)OCCCOCC(O)COC(=O)C1C=CC2=C(Cc3ccccc3S2)C1=O. The summed E-state index contributed by atoms with van der Waals surface area (Å²) in [4.78, 5) is 38.5. The predicted octanol–water partition coefficient (Wildman–Crippen LogP) is 2.77. The molecule has 0 radical (unpaired) electrons. The maximum atomic E-state index is 12.9. The lowest BCUT2D eigenvalue weighted by atomic mass is 9.88. The summed E-state index contributed by atoms with van der Waals surface area (Å²) in [6, 6.07) is 7.88. The van der Waals surface area contributed by atoms with Crippen LogP contribution in [0.1, 0.15) is 18.9 Å². The molecule has 2 aliphatic rings. The van der Waals surface area contributed by atoms with Crippen LogP contribution >= 0.6 is 11.8 Å². The highest BCUT2D eigenvalue weighted by Gasteiger charge is 2.35. The molecule has 0 spiro atoms. The zero-order valence-corrected chi connectivity index (χ0v) is 18.7. The Kier molecular flexibility index (Phi) is 8.44. The van der Waals surface area contributed by atoms with E-state index in [4.69, 9.17) is 14.2 Å². The summed E-state index contributed by atoms with van der Waals surface area (Å²) in [6.45, 7) is 5.20. The highest BCUT2D eigenvalue weighted by atomic mass is 32.2. The van der Waals surface area contributed by atoms with Crippen molar-refractivity contribution in [3.63, 3.8) is 0 Å². The Morgan fingerprint density at radius 3 is 2.78 bits per heavy atom. The van der Waals surface area contributed by atoms with Gasteiger partial charge in [0.05, 0.1) is 13.2 Å². The van der Waals surface area contributed by atoms with E-state index in [1.54, 1.807) is 19.1 Å². The molecule has 3 rings (SSSR count). The number of benzene rings is 1. The Labute approximate surface area is 191 Å². The van der Waals surface area contributed by atoms with Gasteiger partial charge in [0, 0.05) is 40.4 Å². The van der Waals surface area contributed by atoms with E-state index in [1.165, 1.54) is 11.8 Å². The molecule has 2 atom stereocenters. The summed E-state index contributed by atoms with van der Waals surface area (Å²) < 4.78 is 15.4. The Balaban J connectivity index is 1.38. The van der Waals surface area contributed by atoms with E-state index in [2.05, 4.69) is 6.58 Å². The topological polar surface area (TPSA) is 99.1 Å². The molecule has 2 unspecified atom stereocenters. The van der Waals surface area contributed by atoms with Crippen LogP contribution in [0.2, 0.25) is 0 Å². The number of Topliss-reactive ketones (excluding diaryl/α,β-unsaturated/α-hetero) is 1. The van der Waals surface area contributed by atoms with Crippen LogP contribution in [0.3, 0.4) is 0 Å². The molecule has 1 aliphatic heterocycles. The molecule has 7 nitrogen and oxygen atoms in total. The molecule has 1 heterocycles. The van der Waals surface area contributed by atoms with Gasteiger partial charge in [0.2, 0.25) is 0 Å². The third kappa shape index (κ3) is 6.18. The molecule has 0 amide bonds. The maximum absolute atomic E-state index is 12.9. The summed E-state index contributed by atoms with van der Waals surface area (Å²) in [7, 11) is 0. The maximum Gasteiger partial charge on any atom is 0.333 e. The van der Waals surface area contributed by atoms with Gasteiger partial charge in [0.25, 0.3) is 0 Å². The van der Waals surface area contributed by atoms with Gasteiger partial charge in [-0.05, 0) is 18.6 Å². The molecule has 0 saturated heterocycles. The molecule has 1 aliphatic carbocycles. The first-order valence-electron chi connectivity index (χ1n) is 10.3. The van der Waals surface area contributed by atoms with Gasteiger partial charge in [-0.3, -0.25) is 9.59 Å². The molecule has 0 bridgehead atoms. The highest BCUT2D eigenvalue weighted by molar-refractivity contribution is 8.03. The first kappa shape index (κ1) is 24.0.